The largest absolute Gasteiger partial charge is 0.388 e. The summed E-state index contributed by atoms with van der Waals surface area (Å²) in [4.78, 5) is 5.55. The second kappa shape index (κ2) is 5.77. The van der Waals surface area contributed by atoms with E-state index in [9.17, 15) is 5.11 Å². The molecule has 2 aromatic heterocycles. The molecular weight excluding hydrogens is 276 g/mol. The zero-order chi connectivity index (χ0) is 13.1. The first-order valence-corrected chi connectivity index (χ1v) is 8.08. The van der Waals surface area contributed by atoms with E-state index in [-0.39, 0.29) is 0 Å². The lowest BCUT2D eigenvalue weighted by Crippen LogP contribution is -2.00. The summed E-state index contributed by atoms with van der Waals surface area (Å²) >= 11 is 3.34. The number of aromatic nitrogens is 2. The van der Waals surface area contributed by atoms with Crippen LogP contribution in [0.1, 0.15) is 17.4 Å². The first kappa shape index (κ1) is 12.7. The van der Waals surface area contributed by atoms with Crippen molar-refractivity contribution >= 4 is 28.1 Å². The lowest BCUT2D eigenvalue weighted by molar-refractivity contribution is 0.204. The molecule has 98 valence electrons. The molecule has 0 aliphatic rings. The molecule has 3 aromatic rings. The van der Waals surface area contributed by atoms with Gasteiger partial charge in [0.2, 0.25) is 0 Å². The molecule has 0 aliphatic heterocycles. The van der Waals surface area contributed by atoms with Crippen LogP contribution in [0.5, 0.6) is 0 Å². The van der Waals surface area contributed by atoms with Crippen LogP contribution in [-0.2, 0) is 5.75 Å². The number of thiazole rings is 1. The molecule has 0 fully saturated rings. The monoisotopic (exact) mass is 290 g/mol. The standard InChI is InChI=1S/C14H14N2OS2/c17-13(11-4-2-1-3-5-11)10-18-9-12-8-16-6-7-19-14(16)15-12/h1-8,13,17H,9-10H2/t13-/m1/s1. The van der Waals surface area contributed by atoms with E-state index in [0.29, 0.717) is 5.75 Å². The molecule has 5 heteroatoms. The van der Waals surface area contributed by atoms with Gasteiger partial charge in [-0.3, -0.25) is 4.40 Å². The minimum absolute atomic E-state index is 0.407. The van der Waals surface area contributed by atoms with E-state index in [2.05, 4.69) is 4.98 Å². The SMILES string of the molecule is O[C@H](CSCc1cn2ccsc2n1)c1ccccc1. The summed E-state index contributed by atoms with van der Waals surface area (Å²) in [6, 6.07) is 9.77. The first-order valence-electron chi connectivity index (χ1n) is 6.05. The molecule has 1 atom stereocenters. The van der Waals surface area contributed by atoms with Gasteiger partial charge in [0.15, 0.2) is 4.96 Å². The van der Waals surface area contributed by atoms with Crippen molar-refractivity contribution in [2.24, 2.45) is 0 Å². The molecule has 1 aromatic carbocycles. The van der Waals surface area contributed by atoms with Gasteiger partial charge < -0.3 is 5.11 Å². The summed E-state index contributed by atoms with van der Waals surface area (Å²) in [5.41, 5.74) is 2.04. The Morgan fingerprint density at radius 3 is 2.95 bits per heavy atom. The fourth-order valence-electron chi connectivity index (χ4n) is 1.89. The summed E-state index contributed by atoms with van der Waals surface area (Å²) in [7, 11) is 0. The van der Waals surface area contributed by atoms with Crippen LogP contribution < -0.4 is 0 Å². The molecule has 3 nitrogen and oxygen atoms in total. The topological polar surface area (TPSA) is 37.5 Å². The van der Waals surface area contributed by atoms with Gasteiger partial charge in [0.1, 0.15) is 0 Å². The highest BCUT2D eigenvalue weighted by atomic mass is 32.2. The molecule has 0 bridgehead atoms. The zero-order valence-corrected chi connectivity index (χ0v) is 11.9. The van der Waals surface area contributed by atoms with Crippen molar-refractivity contribution in [1.82, 2.24) is 9.38 Å². The van der Waals surface area contributed by atoms with Gasteiger partial charge in [-0.1, -0.05) is 30.3 Å². The Hall–Kier alpha value is -1.30. The first-order chi connectivity index (χ1) is 9.33. The van der Waals surface area contributed by atoms with Crippen molar-refractivity contribution in [3.8, 4) is 0 Å². The van der Waals surface area contributed by atoms with Crippen LogP contribution in [0.15, 0.2) is 48.1 Å². The molecule has 0 spiro atoms. The maximum Gasteiger partial charge on any atom is 0.193 e. The Balaban J connectivity index is 1.54. The Kier molecular flexibility index (Phi) is 3.87. The van der Waals surface area contributed by atoms with E-state index in [1.54, 1.807) is 23.1 Å². The van der Waals surface area contributed by atoms with Crippen LogP contribution in [0.2, 0.25) is 0 Å². The van der Waals surface area contributed by atoms with Crippen molar-refractivity contribution in [3.05, 3.63) is 59.4 Å². The number of rotatable bonds is 5. The van der Waals surface area contributed by atoms with Gasteiger partial charge in [-0.05, 0) is 5.56 Å². The van der Waals surface area contributed by atoms with E-state index in [1.165, 1.54) is 0 Å². The number of hydrogen-bond acceptors (Lipinski definition) is 4. The second-order valence-corrected chi connectivity index (χ2v) is 6.17. The molecule has 19 heavy (non-hydrogen) atoms. The zero-order valence-electron chi connectivity index (χ0n) is 10.3. The Labute approximate surface area is 119 Å². The van der Waals surface area contributed by atoms with Gasteiger partial charge in [-0.15, -0.1) is 11.3 Å². The molecule has 0 unspecified atom stereocenters. The van der Waals surface area contributed by atoms with E-state index in [0.717, 1.165) is 22.0 Å². The number of imidazole rings is 1. The molecule has 0 saturated carbocycles. The Morgan fingerprint density at radius 1 is 1.32 bits per heavy atom. The molecule has 3 rings (SSSR count). The fourth-order valence-corrected chi connectivity index (χ4v) is 3.49. The third kappa shape index (κ3) is 3.00. The Morgan fingerprint density at radius 2 is 2.16 bits per heavy atom. The highest BCUT2D eigenvalue weighted by Crippen LogP contribution is 2.21. The maximum absolute atomic E-state index is 10.1. The van der Waals surface area contributed by atoms with E-state index in [4.69, 9.17) is 0 Å². The number of fused-ring (bicyclic) bond motifs is 1. The molecule has 0 aliphatic carbocycles. The number of benzene rings is 1. The average molecular weight is 290 g/mol. The molecule has 1 N–H and O–H groups in total. The molecule has 0 amide bonds. The predicted molar refractivity (Wildman–Crippen MR) is 80.6 cm³/mol. The quantitative estimate of drug-likeness (QED) is 0.783. The van der Waals surface area contributed by atoms with Crippen LogP contribution in [-0.4, -0.2) is 20.2 Å². The van der Waals surface area contributed by atoms with E-state index < -0.39 is 6.10 Å². The predicted octanol–water partition coefficient (Wildman–Crippen LogP) is 3.36. The number of aliphatic hydroxyl groups is 1. The third-order valence-corrected chi connectivity index (χ3v) is 4.68. The summed E-state index contributed by atoms with van der Waals surface area (Å²) in [5, 5.41) is 12.1. The maximum atomic E-state index is 10.1. The second-order valence-electron chi connectivity index (χ2n) is 4.27. The van der Waals surface area contributed by atoms with Crippen molar-refractivity contribution in [2.45, 2.75) is 11.9 Å². The van der Waals surface area contributed by atoms with E-state index in [1.807, 2.05) is 52.5 Å². The lowest BCUT2D eigenvalue weighted by atomic mass is 10.1. The summed E-state index contributed by atoms with van der Waals surface area (Å²) < 4.78 is 2.04. The average Bonchev–Trinajstić information content (AvgIpc) is 3.00. The molecule has 2 heterocycles. The van der Waals surface area contributed by atoms with Crippen LogP contribution in [0.25, 0.3) is 4.96 Å². The fraction of sp³-hybridized carbons (Fsp3) is 0.214. The number of aliphatic hydroxyl groups excluding tert-OH is 1. The van der Waals surface area contributed by atoms with Gasteiger partial charge in [0.05, 0.1) is 11.8 Å². The van der Waals surface area contributed by atoms with Crippen molar-refractivity contribution < 1.29 is 5.11 Å². The van der Waals surface area contributed by atoms with Crippen LogP contribution in [0.3, 0.4) is 0 Å². The molecule has 0 saturated heterocycles. The highest BCUT2D eigenvalue weighted by molar-refractivity contribution is 7.98. The van der Waals surface area contributed by atoms with Crippen LogP contribution in [0.4, 0.5) is 0 Å². The molecular formula is C14H14N2OS2. The third-order valence-electron chi connectivity index (χ3n) is 2.85. The normalized spacial score (nSPS) is 12.9. The van der Waals surface area contributed by atoms with Crippen molar-refractivity contribution in [1.29, 1.82) is 0 Å². The van der Waals surface area contributed by atoms with E-state index >= 15 is 0 Å². The lowest BCUT2D eigenvalue weighted by Gasteiger charge is -2.09. The van der Waals surface area contributed by atoms with Gasteiger partial charge >= 0.3 is 0 Å². The molecule has 0 radical (unpaired) electrons. The smallest absolute Gasteiger partial charge is 0.193 e. The highest BCUT2D eigenvalue weighted by Gasteiger charge is 2.08. The number of nitrogens with zero attached hydrogens (tertiary/aromatic N) is 2. The van der Waals surface area contributed by atoms with Gasteiger partial charge in [-0.25, -0.2) is 4.98 Å². The van der Waals surface area contributed by atoms with Crippen molar-refractivity contribution in [2.75, 3.05) is 5.75 Å². The minimum atomic E-state index is -0.407. The van der Waals surface area contributed by atoms with Crippen molar-refractivity contribution in [3.63, 3.8) is 0 Å². The van der Waals surface area contributed by atoms with Crippen LogP contribution >= 0.6 is 23.1 Å². The minimum Gasteiger partial charge on any atom is -0.388 e. The van der Waals surface area contributed by atoms with Gasteiger partial charge in [0.25, 0.3) is 0 Å². The Bertz CT molecular complexity index is 619. The summed E-state index contributed by atoms with van der Waals surface area (Å²) in [6.45, 7) is 0. The number of thioether (sulfide) groups is 1. The summed E-state index contributed by atoms with van der Waals surface area (Å²) in [5.74, 6) is 1.52. The van der Waals surface area contributed by atoms with Gasteiger partial charge in [-0.2, -0.15) is 11.8 Å². The number of hydrogen-bond donors (Lipinski definition) is 1. The summed E-state index contributed by atoms with van der Waals surface area (Å²) in [6.07, 6.45) is 3.66. The van der Waals surface area contributed by atoms with Crippen LogP contribution in [0, 0.1) is 0 Å². The van der Waals surface area contributed by atoms with Gasteiger partial charge in [0, 0.05) is 29.3 Å².